The Morgan fingerprint density at radius 2 is 0.625 bits per heavy atom. The Morgan fingerprint density at radius 3 is 0.889 bits per heavy atom. The molecule has 0 spiro atoms. The molecule has 428 valence electrons. The van der Waals surface area contributed by atoms with Gasteiger partial charge in [0.25, 0.3) is 0 Å². The molecule has 0 aromatic heterocycles. The van der Waals surface area contributed by atoms with Crippen LogP contribution in [0.4, 0.5) is 0 Å². The number of esters is 2. The van der Waals surface area contributed by atoms with E-state index < -0.39 is 24.3 Å². The van der Waals surface area contributed by atoms with Crippen molar-refractivity contribution in [2.75, 3.05) is 47.5 Å². The van der Waals surface area contributed by atoms with E-state index in [0.29, 0.717) is 17.4 Å². The number of carbonyl (C=O) groups is 3. The summed E-state index contributed by atoms with van der Waals surface area (Å²) in [5.41, 5.74) is 0. The summed E-state index contributed by atoms with van der Waals surface area (Å²) in [5, 5.41) is 11.7. The zero-order chi connectivity index (χ0) is 52.7. The van der Waals surface area contributed by atoms with Crippen LogP contribution in [0.5, 0.6) is 0 Å². The van der Waals surface area contributed by atoms with Gasteiger partial charge in [0.1, 0.15) is 13.2 Å². The number of likely N-dealkylation sites (N-methyl/N-ethyl adjacent to an activating group) is 1. The van der Waals surface area contributed by atoms with E-state index >= 15 is 0 Å². The van der Waals surface area contributed by atoms with E-state index in [1.54, 1.807) is 0 Å². The Morgan fingerprint density at radius 1 is 0.361 bits per heavy atom. The molecule has 0 amide bonds. The molecule has 0 N–H and O–H groups in total. The first-order chi connectivity index (χ1) is 35.1. The Bertz CT molecular complexity index is 1140. The van der Waals surface area contributed by atoms with Crippen molar-refractivity contribution in [2.24, 2.45) is 0 Å². The van der Waals surface area contributed by atoms with Crippen molar-refractivity contribution in [3.05, 3.63) is 0 Å². The lowest BCUT2D eigenvalue weighted by Gasteiger charge is -2.26. The maximum Gasteiger partial charge on any atom is 0.306 e. The predicted octanol–water partition coefficient (Wildman–Crippen LogP) is 17.4. The third kappa shape index (κ3) is 56.0. The fourth-order valence-electron chi connectivity index (χ4n) is 9.72. The summed E-state index contributed by atoms with van der Waals surface area (Å²) in [7, 11) is 5.92. The van der Waals surface area contributed by atoms with Gasteiger partial charge in [0.2, 0.25) is 0 Å². The van der Waals surface area contributed by atoms with E-state index in [0.717, 1.165) is 44.9 Å². The molecule has 0 aliphatic heterocycles. The van der Waals surface area contributed by atoms with E-state index in [4.69, 9.17) is 18.9 Å². The van der Waals surface area contributed by atoms with Crippen LogP contribution < -0.4 is 5.11 Å². The van der Waals surface area contributed by atoms with Crippen molar-refractivity contribution >= 4 is 17.9 Å². The van der Waals surface area contributed by atoms with Gasteiger partial charge in [-0.3, -0.25) is 9.59 Å². The number of quaternary nitrogens is 1. The van der Waals surface area contributed by atoms with Crippen LogP contribution >= 0.6 is 0 Å². The Hall–Kier alpha value is -1.71. The fraction of sp³-hybridized carbons (Fsp3) is 0.952. The fourth-order valence-corrected chi connectivity index (χ4v) is 9.72. The van der Waals surface area contributed by atoms with Crippen LogP contribution in [0.25, 0.3) is 0 Å². The molecule has 0 bridgehead atoms. The second-order valence-electron chi connectivity index (χ2n) is 23.1. The van der Waals surface area contributed by atoms with Gasteiger partial charge < -0.3 is 33.3 Å². The second kappa shape index (κ2) is 55.5. The van der Waals surface area contributed by atoms with Gasteiger partial charge in [-0.25, -0.2) is 0 Å². The maximum absolute atomic E-state index is 12.8. The van der Waals surface area contributed by atoms with E-state index in [2.05, 4.69) is 13.8 Å². The molecule has 2 unspecified atom stereocenters. The van der Waals surface area contributed by atoms with E-state index in [1.165, 1.54) is 257 Å². The third-order valence-electron chi connectivity index (χ3n) is 14.6. The third-order valence-corrected chi connectivity index (χ3v) is 14.6. The maximum atomic E-state index is 12.8. The smallest absolute Gasteiger partial charge is 0.306 e. The standard InChI is InChI=1S/C63H123NO8/c1-6-8-10-12-14-15-16-17-18-19-20-21-22-23-24-25-26-27-28-29-30-31-32-33-34-35-36-37-38-39-40-41-42-43-44-45-46-47-48-50-52-54-61(66)72-59(57-70-60(65)53-51-49-13-11-9-7-2)58-71-63(62(67)68)69-56-55-64(3,4)5/h59,63H,6-58H2,1-5H3. The summed E-state index contributed by atoms with van der Waals surface area (Å²) in [6.07, 6.45) is 61.2. The Labute approximate surface area is 447 Å². The van der Waals surface area contributed by atoms with Crippen molar-refractivity contribution in [1.29, 1.82) is 0 Å². The van der Waals surface area contributed by atoms with Crippen LogP contribution in [0.15, 0.2) is 0 Å². The number of hydrogen-bond acceptors (Lipinski definition) is 8. The largest absolute Gasteiger partial charge is 0.545 e. The minimum absolute atomic E-state index is 0.152. The minimum Gasteiger partial charge on any atom is -0.545 e. The summed E-state index contributed by atoms with van der Waals surface area (Å²) >= 11 is 0. The Kier molecular flexibility index (Phi) is 54.2. The summed E-state index contributed by atoms with van der Waals surface area (Å²) in [6, 6.07) is 0. The number of nitrogens with zero attached hydrogens (tertiary/aromatic N) is 1. The average molecular weight is 1020 g/mol. The highest BCUT2D eigenvalue weighted by Crippen LogP contribution is 2.19. The first-order valence-electron chi connectivity index (χ1n) is 31.7. The van der Waals surface area contributed by atoms with Gasteiger partial charge in [-0.05, 0) is 12.8 Å². The van der Waals surface area contributed by atoms with Gasteiger partial charge in [0, 0.05) is 12.8 Å². The molecular formula is C63H123NO8. The van der Waals surface area contributed by atoms with Crippen LogP contribution in [0.1, 0.15) is 328 Å². The molecule has 0 rings (SSSR count). The van der Waals surface area contributed by atoms with Gasteiger partial charge in [0.05, 0.1) is 40.3 Å². The first kappa shape index (κ1) is 70.3. The zero-order valence-electron chi connectivity index (χ0n) is 48.8. The lowest BCUT2D eigenvalue weighted by Crippen LogP contribution is -2.44. The number of rotatable bonds is 60. The predicted molar refractivity (Wildman–Crippen MR) is 302 cm³/mol. The van der Waals surface area contributed by atoms with Crippen molar-refractivity contribution in [2.45, 2.75) is 341 Å². The van der Waals surface area contributed by atoms with Crippen LogP contribution in [0.2, 0.25) is 0 Å². The van der Waals surface area contributed by atoms with Crippen molar-refractivity contribution in [3.8, 4) is 0 Å². The molecule has 0 aliphatic rings. The summed E-state index contributed by atoms with van der Waals surface area (Å²) in [4.78, 5) is 36.9. The number of aliphatic carboxylic acids is 1. The van der Waals surface area contributed by atoms with Crippen LogP contribution in [0.3, 0.4) is 0 Å². The Balaban J connectivity index is 3.70. The van der Waals surface area contributed by atoms with E-state index in [9.17, 15) is 19.5 Å². The average Bonchev–Trinajstić information content (AvgIpc) is 3.35. The number of ether oxygens (including phenoxy) is 4. The summed E-state index contributed by atoms with van der Waals surface area (Å²) in [6.45, 7) is 4.72. The summed E-state index contributed by atoms with van der Waals surface area (Å²) < 4.78 is 22.5. The SMILES string of the molecule is CCCCCCCCCCCCCCCCCCCCCCCCCCCCCCCCCCCCCCCCCCCC(=O)OC(COC(=O)CCCCCCCC)COC(OCC[N+](C)(C)C)C(=O)[O-]. The molecule has 9 heteroatoms. The van der Waals surface area contributed by atoms with Gasteiger partial charge in [-0.2, -0.15) is 0 Å². The molecule has 0 aliphatic carbocycles. The number of carboxylic acid groups (broad SMARTS) is 1. The quantitative estimate of drug-likeness (QED) is 0.0256. The van der Waals surface area contributed by atoms with Crippen molar-refractivity contribution < 1.29 is 42.9 Å². The number of carbonyl (C=O) groups excluding carboxylic acids is 3. The lowest BCUT2D eigenvalue weighted by molar-refractivity contribution is -0.870. The second-order valence-corrected chi connectivity index (χ2v) is 23.1. The molecule has 0 saturated carbocycles. The number of hydrogen-bond donors (Lipinski definition) is 0. The lowest BCUT2D eigenvalue weighted by atomic mass is 10.0. The molecule has 9 nitrogen and oxygen atoms in total. The van der Waals surface area contributed by atoms with E-state index in [1.807, 2.05) is 21.1 Å². The molecular weight excluding hydrogens is 899 g/mol. The van der Waals surface area contributed by atoms with Crippen molar-refractivity contribution in [1.82, 2.24) is 0 Å². The van der Waals surface area contributed by atoms with Crippen LogP contribution in [0, 0.1) is 0 Å². The zero-order valence-corrected chi connectivity index (χ0v) is 48.8. The highest BCUT2D eigenvalue weighted by atomic mass is 16.7. The summed E-state index contributed by atoms with van der Waals surface area (Å²) in [5.74, 6) is -2.27. The molecule has 0 radical (unpaired) electrons. The minimum atomic E-state index is -1.61. The van der Waals surface area contributed by atoms with Gasteiger partial charge >= 0.3 is 11.9 Å². The van der Waals surface area contributed by atoms with Crippen LogP contribution in [-0.2, 0) is 33.3 Å². The molecule has 0 fully saturated rings. The van der Waals surface area contributed by atoms with E-state index in [-0.39, 0.29) is 32.2 Å². The highest BCUT2D eigenvalue weighted by molar-refractivity contribution is 5.70. The molecule has 0 saturated heterocycles. The molecule has 0 aromatic rings. The van der Waals surface area contributed by atoms with Gasteiger partial charge in [0.15, 0.2) is 12.4 Å². The molecule has 72 heavy (non-hydrogen) atoms. The molecule has 0 heterocycles. The monoisotopic (exact) mass is 1020 g/mol. The molecule has 2 atom stereocenters. The first-order valence-corrected chi connectivity index (χ1v) is 31.7. The normalized spacial score (nSPS) is 12.6. The van der Waals surface area contributed by atoms with Gasteiger partial charge in [-0.15, -0.1) is 0 Å². The molecule has 0 aromatic carbocycles. The topological polar surface area (TPSA) is 111 Å². The van der Waals surface area contributed by atoms with Crippen LogP contribution in [-0.4, -0.2) is 82.3 Å². The van der Waals surface area contributed by atoms with Crippen molar-refractivity contribution in [3.63, 3.8) is 0 Å². The highest BCUT2D eigenvalue weighted by Gasteiger charge is 2.22. The number of unbranched alkanes of at least 4 members (excludes halogenated alkanes) is 45. The van der Waals surface area contributed by atoms with Gasteiger partial charge in [-0.1, -0.05) is 303 Å². The number of carboxylic acids is 1.